The molecule has 0 aliphatic rings. The molecule has 0 spiro atoms. The Balaban J connectivity index is 1.64. The number of aromatic nitrogens is 1. The Morgan fingerprint density at radius 2 is 2.00 bits per heavy atom. The first-order valence-electron chi connectivity index (χ1n) is 7.65. The van der Waals surface area contributed by atoms with Crippen LogP contribution in [-0.4, -0.2) is 24.0 Å². The van der Waals surface area contributed by atoms with Gasteiger partial charge in [-0.1, -0.05) is 56.1 Å². The van der Waals surface area contributed by atoms with Crippen molar-refractivity contribution in [2.24, 2.45) is 0 Å². The maximum absolute atomic E-state index is 11.7. The number of carbonyl (C=O) groups is 1. The Hall–Kier alpha value is -1.62. The summed E-state index contributed by atoms with van der Waals surface area (Å²) in [6.45, 7) is 3.26. The number of unbranched alkanes of at least 4 members (excludes halogenated alkanes) is 4. The molecule has 0 bridgehead atoms. The second kappa shape index (κ2) is 8.62. The number of carbonyl (C=O) groups excluding carboxylic acids is 1. The molecule has 0 radical (unpaired) electrons. The molecule has 2 N–H and O–H groups in total. The van der Waals surface area contributed by atoms with Crippen molar-refractivity contribution in [1.29, 1.82) is 0 Å². The summed E-state index contributed by atoms with van der Waals surface area (Å²) in [5, 5.41) is 6.83. The number of amides is 1. The van der Waals surface area contributed by atoms with E-state index in [2.05, 4.69) is 22.5 Å². The van der Waals surface area contributed by atoms with Crippen molar-refractivity contribution in [1.82, 2.24) is 10.3 Å². The fraction of sp³-hybridized carbons (Fsp3) is 0.500. The van der Waals surface area contributed by atoms with E-state index in [1.807, 2.05) is 24.3 Å². The Kier molecular flexibility index (Phi) is 6.47. The molecule has 0 fully saturated rings. The SMILES string of the molecule is CCCCCCCNC(=O)CNc1nc2ccccc2s1. The zero-order valence-electron chi connectivity index (χ0n) is 12.5. The summed E-state index contributed by atoms with van der Waals surface area (Å²) >= 11 is 1.57. The van der Waals surface area contributed by atoms with Crippen molar-refractivity contribution in [3.05, 3.63) is 24.3 Å². The molecule has 4 nitrogen and oxygen atoms in total. The van der Waals surface area contributed by atoms with E-state index in [9.17, 15) is 4.79 Å². The first-order chi connectivity index (χ1) is 10.3. The number of fused-ring (bicyclic) bond motifs is 1. The number of hydrogen-bond donors (Lipinski definition) is 2. The summed E-state index contributed by atoms with van der Waals surface area (Å²) in [6.07, 6.45) is 6.05. The maximum Gasteiger partial charge on any atom is 0.239 e. The van der Waals surface area contributed by atoms with Gasteiger partial charge in [-0.2, -0.15) is 0 Å². The van der Waals surface area contributed by atoms with Crippen molar-refractivity contribution in [3.8, 4) is 0 Å². The molecule has 1 aromatic carbocycles. The predicted molar refractivity (Wildman–Crippen MR) is 89.9 cm³/mol. The molecule has 1 aromatic heterocycles. The minimum atomic E-state index is 0.0322. The fourth-order valence-corrected chi connectivity index (χ4v) is 2.98. The number of para-hydroxylation sites is 1. The monoisotopic (exact) mass is 305 g/mol. The van der Waals surface area contributed by atoms with Gasteiger partial charge in [0.2, 0.25) is 5.91 Å². The number of rotatable bonds is 9. The predicted octanol–water partition coefficient (Wildman–Crippen LogP) is 3.79. The third kappa shape index (κ3) is 5.34. The molecule has 0 atom stereocenters. The smallest absolute Gasteiger partial charge is 0.239 e. The van der Waals surface area contributed by atoms with Crippen LogP contribution in [0.15, 0.2) is 24.3 Å². The molecular formula is C16H23N3OS. The lowest BCUT2D eigenvalue weighted by Crippen LogP contribution is -2.30. The Morgan fingerprint density at radius 3 is 2.81 bits per heavy atom. The molecule has 1 amide bonds. The van der Waals surface area contributed by atoms with Gasteiger partial charge in [-0.25, -0.2) is 4.98 Å². The van der Waals surface area contributed by atoms with E-state index in [1.54, 1.807) is 11.3 Å². The van der Waals surface area contributed by atoms with Gasteiger partial charge in [-0.15, -0.1) is 0 Å². The summed E-state index contributed by atoms with van der Waals surface area (Å²) in [7, 11) is 0. The van der Waals surface area contributed by atoms with Gasteiger partial charge in [-0.3, -0.25) is 4.79 Å². The normalized spacial score (nSPS) is 10.7. The molecule has 21 heavy (non-hydrogen) atoms. The molecule has 5 heteroatoms. The van der Waals surface area contributed by atoms with Gasteiger partial charge in [0.05, 0.1) is 16.8 Å². The quantitative estimate of drug-likeness (QED) is 0.693. The van der Waals surface area contributed by atoms with Crippen molar-refractivity contribution >= 4 is 32.6 Å². The lowest BCUT2D eigenvalue weighted by molar-refractivity contribution is -0.119. The highest BCUT2D eigenvalue weighted by atomic mass is 32.1. The zero-order chi connectivity index (χ0) is 14.9. The number of nitrogens with one attached hydrogen (secondary N) is 2. The van der Waals surface area contributed by atoms with Gasteiger partial charge in [0, 0.05) is 6.54 Å². The molecule has 0 unspecified atom stereocenters. The van der Waals surface area contributed by atoms with Gasteiger partial charge < -0.3 is 10.6 Å². The minimum absolute atomic E-state index is 0.0322. The topological polar surface area (TPSA) is 54.0 Å². The fourth-order valence-electron chi connectivity index (χ4n) is 2.12. The first kappa shape index (κ1) is 15.8. The molecular weight excluding hydrogens is 282 g/mol. The van der Waals surface area contributed by atoms with Crippen LogP contribution in [0.25, 0.3) is 10.2 Å². The number of thiazole rings is 1. The van der Waals surface area contributed by atoms with Gasteiger partial charge in [-0.05, 0) is 18.6 Å². The molecule has 0 saturated carbocycles. The number of anilines is 1. The number of nitrogens with zero attached hydrogens (tertiary/aromatic N) is 1. The standard InChI is InChI=1S/C16H23N3OS/c1-2-3-4-5-8-11-17-15(20)12-18-16-19-13-9-6-7-10-14(13)21-16/h6-7,9-10H,2-5,8,11-12H2,1H3,(H,17,20)(H,18,19). The second-order valence-electron chi connectivity index (χ2n) is 5.10. The molecule has 2 aromatic rings. The van der Waals surface area contributed by atoms with Crippen molar-refractivity contribution in [2.75, 3.05) is 18.4 Å². The van der Waals surface area contributed by atoms with E-state index in [0.717, 1.165) is 28.3 Å². The van der Waals surface area contributed by atoms with Crippen LogP contribution in [0.3, 0.4) is 0 Å². The number of hydrogen-bond acceptors (Lipinski definition) is 4. The molecule has 2 rings (SSSR count). The Labute approximate surface area is 130 Å². The summed E-state index contributed by atoms with van der Waals surface area (Å²) in [5.41, 5.74) is 0.973. The van der Waals surface area contributed by atoms with Crippen LogP contribution in [0.1, 0.15) is 39.0 Å². The van der Waals surface area contributed by atoms with Crippen LogP contribution in [0.4, 0.5) is 5.13 Å². The lowest BCUT2D eigenvalue weighted by atomic mass is 10.1. The Bertz CT molecular complexity index is 534. The Morgan fingerprint density at radius 1 is 1.19 bits per heavy atom. The van der Waals surface area contributed by atoms with E-state index >= 15 is 0 Å². The lowest BCUT2D eigenvalue weighted by Gasteiger charge is -2.05. The average Bonchev–Trinajstić information content (AvgIpc) is 2.91. The second-order valence-corrected chi connectivity index (χ2v) is 6.14. The van der Waals surface area contributed by atoms with Crippen molar-refractivity contribution in [3.63, 3.8) is 0 Å². The van der Waals surface area contributed by atoms with E-state index in [0.29, 0.717) is 0 Å². The summed E-state index contributed by atoms with van der Waals surface area (Å²) in [5.74, 6) is 0.0322. The van der Waals surface area contributed by atoms with Crippen LogP contribution in [0.2, 0.25) is 0 Å². The third-order valence-corrected chi connectivity index (χ3v) is 4.29. The van der Waals surface area contributed by atoms with Crippen molar-refractivity contribution in [2.45, 2.75) is 39.0 Å². The highest BCUT2D eigenvalue weighted by Gasteiger charge is 2.05. The number of benzene rings is 1. The van der Waals surface area contributed by atoms with Crippen LogP contribution >= 0.6 is 11.3 Å². The average molecular weight is 305 g/mol. The summed E-state index contributed by atoms with van der Waals surface area (Å²) < 4.78 is 1.14. The van der Waals surface area contributed by atoms with Crippen LogP contribution in [0, 0.1) is 0 Å². The van der Waals surface area contributed by atoms with Crippen LogP contribution in [0.5, 0.6) is 0 Å². The van der Waals surface area contributed by atoms with E-state index in [4.69, 9.17) is 0 Å². The van der Waals surface area contributed by atoms with Crippen LogP contribution in [-0.2, 0) is 4.79 Å². The molecule has 0 aliphatic heterocycles. The maximum atomic E-state index is 11.7. The molecule has 114 valence electrons. The first-order valence-corrected chi connectivity index (χ1v) is 8.47. The van der Waals surface area contributed by atoms with E-state index in [1.165, 1.54) is 25.7 Å². The zero-order valence-corrected chi connectivity index (χ0v) is 13.3. The summed E-state index contributed by atoms with van der Waals surface area (Å²) in [4.78, 5) is 16.2. The molecule has 0 saturated heterocycles. The van der Waals surface area contributed by atoms with Gasteiger partial charge in [0.15, 0.2) is 5.13 Å². The van der Waals surface area contributed by atoms with E-state index in [-0.39, 0.29) is 12.5 Å². The third-order valence-electron chi connectivity index (χ3n) is 3.30. The van der Waals surface area contributed by atoms with Gasteiger partial charge in [0.1, 0.15) is 0 Å². The molecule has 0 aliphatic carbocycles. The highest BCUT2D eigenvalue weighted by Crippen LogP contribution is 2.24. The largest absolute Gasteiger partial charge is 0.355 e. The van der Waals surface area contributed by atoms with E-state index < -0.39 is 0 Å². The van der Waals surface area contributed by atoms with Gasteiger partial charge in [0.25, 0.3) is 0 Å². The highest BCUT2D eigenvalue weighted by molar-refractivity contribution is 7.22. The van der Waals surface area contributed by atoms with Gasteiger partial charge >= 0.3 is 0 Å². The van der Waals surface area contributed by atoms with Crippen LogP contribution < -0.4 is 10.6 Å². The minimum Gasteiger partial charge on any atom is -0.355 e. The van der Waals surface area contributed by atoms with Crippen molar-refractivity contribution < 1.29 is 4.79 Å². The summed E-state index contributed by atoms with van der Waals surface area (Å²) in [6, 6.07) is 7.98. The molecule has 1 heterocycles.